The first kappa shape index (κ1) is 24.9. The molecule has 186 valence electrons. The summed E-state index contributed by atoms with van der Waals surface area (Å²) < 4.78 is 34.2. The summed E-state index contributed by atoms with van der Waals surface area (Å²) in [5.41, 5.74) is 2.47. The van der Waals surface area contributed by atoms with Crippen molar-refractivity contribution >= 4 is 38.6 Å². The van der Waals surface area contributed by atoms with Gasteiger partial charge in [0.2, 0.25) is 15.9 Å². The maximum Gasteiger partial charge on any atom is 0.337 e. The molecule has 35 heavy (non-hydrogen) atoms. The molecule has 1 amide bonds. The van der Waals surface area contributed by atoms with Crippen molar-refractivity contribution in [3.05, 3.63) is 53.9 Å². The number of hydrogen-bond acceptors (Lipinski definition) is 6. The molecule has 0 aliphatic carbocycles. The molecule has 1 fully saturated rings. The zero-order chi connectivity index (χ0) is 25.0. The lowest BCUT2D eigenvalue weighted by atomic mass is 10.2. The monoisotopic (exact) mass is 498 g/mol. The molecule has 1 aromatic heterocycles. The van der Waals surface area contributed by atoms with E-state index in [9.17, 15) is 18.0 Å². The number of carbonyl (C=O) groups excluding carboxylic acids is 2. The Labute approximate surface area is 205 Å². The van der Waals surface area contributed by atoms with Crippen molar-refractivity contribution in [2.45, 2.75) is 50.5 Å². The molecule has 2 heterocycles. The van der Waals surface area contributed by atoms with Crippen LogP contribution in [-0.4, -0.2) is 54.3 Å². The average Bonchev–Trinajstić information content (AvgIpc) is 3.52. The van der Waals surface area contributed by atoms with Crippen molar-refractivity contribution in [2.24, 2.45) is 0 Å². The maximum absolute atomic E-state index is 13.0. The summed E-state index contributed by atoms with van der Waals surface area (Å²) in [7, 11) is -2.21. The van der Waals surface area contributed by atoms with E-state index < -0.39 is 16.0 Å². The van der Waals surface area contributed by atoms with Gasteiger partial charge in [-0.2, -0.15) is 4.31 Å². The predicted molar refractivity (Wildman–Crippen MR) is 133 cm³/mol. The lowest BCUT2D eigenvalue weighted by Crippen LogP contribution is -2.27. The van der Waals surface area contributed by atoms with Crippen LogP contribution >= 0.6 is 0 Å². The van der Waals surface area contributed by atoms with Crippen molar-refractivity contribution in [3.8, 4) is 0 Å². The number of esters is 1. The van der Waals surface area contributed by atoms with Crippen LogP contribution in [0.15, 0.2) is 47.4 Å². The van der Waals surface area contributed by atoms with Crippen molar-refractivity contribution < 1.29 is 22.7 Å². The number of aromatic nitrogens is 2. The van der Waals surface area contributed by atoms with E-state index in [4.69, 9.17) is 4.98 Å². The minimum atomic E-state index is -3.53. The highest BCUT2D eigenvalue weighted by Gasteiger charge is 2.28. The van der Waals surface area contributed by atoms with Gasteiger partial charge in [-0.3, -0.25) is 4.79 Å². The Hall–Kier alpha value is -3.24. The van der Waals surface area contributed by atoms with Gasteiger partial charge in [-0.15, -0.1) is 0 Å². The van der Waals surface area contributed by atoms with E-state index in [1.165, 1.54) is 11.4 Å². The van der Waals surface area contributed by atoms with E-state index in [2.05, 4.69) is 21.5 Å². The third kappa shape index (κ3) is 5.38. The second-order valence-corrected chi connectivity index (χ2v) is 10.5. The number of anilines is 1. The van der Waals surface area contributed by atoms with Gasteiger partial charge in [0, 0.05) is 38.2 Å². The van der Waals surface area contributed by atoms with Crippen LogP contribution in [-0.2, 0) is 32.5 Å². The van der Waals surface area contributed by atoms with Gasteiger partial charge in [0.25, 0.3) is 0 Å². The van der Waals surface area contributed by atoms with Crippen LogP contribution in [0.25, 0.3) is 11.0 Å². The summed E-state index contributed by atoms with van der Waals surface area (Å²) in [6, 6.07) is 11.6. The molecule has 0 atom stereocenters. The molecule has 1 saturated heterocycles. The summed E-state index contributed by atoms with van der Waals surface area (Å²) in [4.78, 5) is 29.1. The number of nitrogens with zero attached hydrogens (tertiary/aromatic N) is 3. The molecule has 2 aromatic carbocycles. The molecule has 4 rings (SSSR count). The normalized spacial score (nSPS) is 14.3. The van der Waals surface area contributed by atoms with Crippen molar-refractivity contribution in [1.29, 1.82) is 0 Å². The smallest absolute Gasteiger partial charge is 0.337 e. The molecule has 1 aliphatic heterocycles. The van der Waals surface area contributed by atoms with Crippen LogP contribution in [0.3, 0.4) is 0 Å². The molecule has 0 radical (unpaired) electrons. The minimum Gasteiger partial charge on any atom is -0.465 e. The highest BCUT2D eigenvalue weighted by atomic mass is 32.2. The number of methoxy groups -OCH3 is 1. The summed E-state index contributed by atoms with van der Waals surface area (Å²) in [5, 5.41) is 2.83. The van der Waals surface area contributed by atoms with Gasteiger partial charge >= 0.3 is 5.97 Å². The van der Waals surface area contributed by atoms with Crippen molar-refractivity contribution in [3.63, 3.8) is 0 Å². The number of benzene rings is 2. The SMILES string of the molecule is CCCn1c(CCC(=O)Nc2ccc(C(=O)OC)cc2)nc2cc(S(=O)(=O)N3CCCC3)ccc21. The average molecular weight is 499 g/mol. The van der Waals surface area contributed by atoms with Gasteiger partial charge in [-0.1, -0.05) is 6.92 Å². The van der Waals surface area contributed by atoms with Gasteiger partial charge in [-0.05, 0) is 61.7 Å². The van der Waals surface area contributed by atoms with Gasteiger partial charge in [-0.25, -0.2) is 18.2 Å². The Morgan fingerprint density at radius 2 is 1.80 bits per heavy atom. The predicted octanol–water partition coefficient (Wildman–Crippen LogP) is 3.59. The number of ether oxygens (including phenoxy) is 1. The lowest BCUT2D eigenvalue weighted by Gasteiger charge is -2.15. The Kier molecular flexibility index (Phi) is 7.51. The molecule has 1 aliphatic rings. The quantitative estimate of drug-likeness (QED) is 0.452. The van der Waals surface area contributed by atoms with Gasteiger partial charge in [0.15, 0.2) is 0 Å². The molecule has 0 unspecified atom stereocenters. The Bertz CT molecular complexity index is 1330. The standard InChI is InChI=1S/C25H30N4O5S/c1-3-14-29-22-11-10-20(35(32,33)28-15-4-5-16-28)17-21(22)27-23(29)12-13-24(30)26-19-8-6-18(7-9-19)25(31)34-2/h6-11,17H,3-5,12-16H2,1-2H3,(H,26,30). The van der Waals surface area contributed by atoms with E-state index >= 15 is 0 Å². The molecule has 0 bridgehead atoms. The number of imidazole rings is 1. The summed E-state index contributed by atoms with van der Waals surface area (Å²) in [6.45, 7) is 3.89. The number of amides is 1. The molecule has 0 spiro atoms. The summed E-state index contributed by atoms with van der Waals surface area (Å²) >= 11 is 0. The van der Waals surface area contributed by atoms with Gasteiger partial charge < -0.3 is 14.6 Å². The zero-order valence-corrected chi connectivity index (χ0v) is 20.8. The number of hydrogen-bond donors (Lipinski definition) is 1. The second kappa shape index (κ2) is 10.6. The molecule has 1 N–H and O–H groups in total. The molecule has 3 aromatic rings. The fourth-order valence-electron chi connectivity index (χ4n) is 4.32. The van der Waals surface area contributed by atoms with E-state index in [-0.39, 0.29) is 17.2 Å². The van der Waals surface area contributed by atoms with E-state index in [1.807, 2.05) is 6.07 Å². The Morgan fingerprint density at radius 1 is 1.09 bits per heavy atom. The molecular formula is C25H30N4O5S. The zero-order valence-electron chi connectivity index (χ0n) is 20.0. The van der Waals surface area contributed by atoms with Crippen LogP contribution in [0, 0.1) is 0 Å². The third-order valence-corrected chi connectivity index (χ3v) is 8.01. The van der Waals surface area contributed by atoms with E-state index in [1.54, 1.807) is 36.4 Å². The Morgan fingerprint density at radius 3 is 2.46 bits per heavy atom. The molecular weight excluding hydrogens is 468 g/mol. The van der Waals surface area contributed by atoms with Gasteiger partial charge in [0.1, 0.15) is 5.82 Å². The first-order valence-corrected chi connectivity index (χ1v) is 13.2. The van der Waals surface area contributed by atoms with Crippen LogP contribution in [0.5, 0.6) is 0 Å². The topological polar surface area (TPSA) is 111 Å². The van der Waals surface area contributed by atoms with Gasteiger partial charge in [0.05, 0.1) is 28.6 Å². The van der Waals surface area contributed by atoms with Crippen LogP contribution < -0.4 is 5.32 Å². The Balaban J connectivity index is 1.49. The third-order valence-electron chi connectivity index (χ3n) is 6.11. The highest BCUT2D eigenvalue weighted by Crippen LogP contribution is 2.26. The van der Waals surface area contributed by atoms with E-state index in [0.29, 0.717) is 36.3 Å². The maximum atomic E-state index is 13.0. The number of rotatable bonds is 9. The molecule has 10 heteroatoms. The number of nitrogens with one attached hydrogen (secondary N) is 1. The van der Waals surface area contributed by atoms with Crippen molar-refractivity contribution in [1.82, 2.24) is 13.9 Å². The second-order valence-electron chi connectivity index (χ2n) is 8.56. The molecule has 9 nitrogen and oxygen atoms in total. The lowest BCUT2D eigenvalue weighted by molar-refractivity contribution is -0.116. The number of carbonyl (C=O) groups is 2. The first-order chi connectivity index (χ1) is 16.8. The van der Waals surface area contributed by atoms with Crippen LogP contribution in [0.4, 0.5) is 5.69 Å². The number of sulfonamides is 1. The summed E-state index contributed by atoms with van der Waals surface area (Å²) in [6.07, 6.45) is 3.27. The van der Waals surface area contributed by atoms with Crippen molar-refractivity contribution in [2.75, 3.05) is 25.5 Å². The fourth-order valence-corrected chi connectivity index (χ4v) is 5.86. The summed E-state index contributed by atoms with van der Waals surface area (Å²) in [5.74, 6) is 0.131. The first-order valence-electron chi connectivity index (χ1n) is 11.8. The highest BCUT2D eigenvalue weighted by molar-refractivity contribution is 7.89. The fraction of sp³-hybridized carbons (Fsp3) is 0.400. The largest absolute Gasteiger partial charge is 0.465 e. The van der Waals surface area contributed by atoms with Crippen LogP contribution in [0.1, 0.15) is 48.8 Å². The number of fused-ring (bicyclic) bond motifs is 1. The van der Waals surface area contributed by atoms with E-state index in [0.717, 1.165) is 37.1 Å². The molecule has 0 saturated carbocycles. The number of aryl methyl sites for hydroxylation is 2. The van der Waals surface area contributed by atoms with Crippen LogP contribution in [0.2, 0.25) is 0 Å². The minimum absolute atomic E-state index is 0.178.